The number of hydrogen-bond donors (Lipinski definition) is 1. The van der Waals surface area contributed by atoms with E-state index in [4.69, 9.17) is 9.47 Å². The van der Waals surface area contributed by atoms with Crippen molar-refractivity contribution in [2.45, 2.75) is 0 Å². The normalized spacial score (nSPS) is 13.2. The highest BCUT2D eigenvalue weighted by Gasteiger charge is 2.10. The summed E-state index contributed by atoms with van der Waals surface area (Å²) in [5.74, 6) is 1.79. The summed E-state index contributed by atoms with van der Waals surface area (Å²) in [5.41, 5.74) is 3.36. The van der Waals surface area contributed by atoms with E-state index in [9.17, 15) is 0 Å². The molecule has 1 aliphatic heterocycles. The number of rotatable bonds is 2. The van der Waals surface area contributed by atoms with Crippen LogP contribution in [0.5, 0.6) is 11.5 Å². The zero-order valence-electron chi connectivity index (χ0n) is 10.3. The Morgan fingerprint density at radius 1 is 1.11 bits per heavy atom. The zero-order valence-corrected chi connectivity index (χ0v) is 10.3. The van der Waals surface area contributed by atoms with Gasteiger partial charge in [0.25, 0.3) is 0 Å². The van der Waals surface area contributed by atoms with Gasteiger partial charge in [-0.3, -0.25) is 0 Å². The van der Waals surface area contributed by atoms with Crippen LogP contribution in [0.2, 0.25) is 0 Å². The summed E-state index contributed by atoms with van der Waals surface area (Å²) in [4.78, 5) is 0. The number of anilines is 1. The molecule has 0 spiro atoms. The van der Waals surface area contributed by atoms with Crippen LogP contribution in [0.3, 0.4) is 0 Å². The average molecular weight is 241 g/mol. The minimum Gasteiger partial charge on any atom is -0.497 e. The molecule has 1 heterocycles. The van der Waals surface area contributed by atoms with Crippen LogP contribution in [-0.2, 0) is 0 Å². The van der Waals surface area contributed by atoms with Crippen LogP contribution in [0.1, 0.15) is 0 Å². The van der Waals surface area contributed by atoms with Crippen molar-refractivity contribution in [2.75, 3.05) is 25.6 Å². The third-order valence-corrected chi connectivity index (χ3v) is 3.06. The number of benzene rings is 2. The first kappa shape index (κ1) is 11.0. The van der Waals surface area contributed by atoms with Crippen molar-refractivity contribution in [3.8, 4) is 22.6 Å². The molecule has 18 heavy (non-hydrogen) atoms. The molecule has 92 valence electrons. The molecule has 2 aromatic carbocycles. The van der Waals surface area contributed by atoms with E-state index < -0.39 is 0 Å². The Labute approximate surface area is 106 Å². The van der Waals surface area contributed by atoms with Crippen LogP contribution in [0, 0.1) is 0 Å². The van der Waals surface area contributed by atoms with E-state index in [0.29, 0.717) is 0 Å². The molecule has 0 unspecified atom stereocenters. The Bertz CT molecular complexity index is 566. The van der Waals surface area contributed by atoms with Crippen molar-refractivity contribution >= 4 is 5.69 Å². The van der Waals surface area contributed by atoms with E-state index in [-0.39, 0.29) is 0 Å². The number of fused-ring (bicyclic) bond motifs is 1. The second-order valence-electron chi connectivity index (χ2n) is 4.22. The first-order chi connectivity index (χ1) is 8.86. The van der Waals surface area contributed by atoms with E-state index in [1.54, 1.807) is 7.11 Å². The predicted molar refractivity (Wildman–Crippen MR) is 72.4 cm³/mol. The van der Waals surface area contributed by atoms with Crippen molar-refractivity contribution in [2.24, 2.45) is 0 Å². The third kappa shape index (κ3) is 1.99. The lowest BCUT2D eigenvalue weighted by Crippen LogP contribution is -2.17. The lowest BCUT2D eigenvalue weighted by atomic mass is 10.0. The Morgan fingerprint density at radius 2 is 2.00 bits per heavy atom. The van der Waals surface area contributed by atoms with Gasteiger partial charge in [0.15, 0.2) is 0 Å². The van der Waals surface area contributed by atoms with Crippen LogP contribution in [0.4, 0.5) is 5.69 Å². The maximum absolute atomic E-state index is 5.57. The standard InChI is InChI=1S/C15H15NO2/c1-17-13-4-2-3-11(9-13)12-5-6-15-14(10-12)16-7-8-18-15/h2-6,9-10,16H,7-8H2,1H3. The van der Waals surface area contributed by atoms with Gasteiger partial charge in [-0.1, -0.05) is 18.2 Å². The summed E-state index contributed by atoms with van der Waals surface area (Å²) < 4.78 is 10.8. The lowest BCUT2D eigenvalue weighted by Gasteiger charge is -2.19. The Hall–Kier alpha value is -2.16. The Morgan fingerprint density at radius 3 is 2.89 bits per heavy atom. The van der Waals surface area contributed by atoms with Gasteiger partial charge in [-0.25, -0.2) is 0 Å². The number of ether oxygens (including phenoxy) is 2. The first-order valence-corrected chi connectivity index (χ1v) is 6.02. The number of methoxy groups -OCH3 is 1. The van der Waals surface area contributed by atoms with E-state index in [0.717, 1.165) is 41.5 Å². The molecule has 2 aromatic rings. The highest BCUT2D eigenvalue weighted by atomic mass is 16.5. The van der Waals surface area contributed by atoms with Crippen LogP contribution in [0.25, 0.3) is 11.1 Å². The zero-order chi connectivity index (χ0) is 12.4. The van der Waals surface area contributed by atoms with E-state index in [1.165, 1.54) is 0 Å². The Kier molecular flexibility index (Phi) is 2.81. The molecule has 0 atom stereocenters. The molecule has 0 aromatic heterocycles. The molecule has 1 aliphatic rings. The van der Waals surface area contributed by atoms with E-state index in [1.807, 2.05) is 24.3 Å². The summed E-state index contributed by atoms with van der Waals surface area (Å²) in [5, 5.41) is 3.35. The molecule has 0 fully saturated rings. The predicted octanol–water partition coefficient (Wildman–Crippen LogP) is 3.17. The summed E-state index contributed by atoms with van der Waals surface area (Å²) in [7, 11) is 1.68. The van der Waals surface area contributed by atoms with E-state index in [2.05, 4.69) is 23.5 Å². The maximum Gasteiger partial charge on any atom is 0.142 e. The highest BCUT2D eigenvalue weighted by molar-refractivity contribution is 5.73. The molecule has 3 nitrogen and oxygen atoms in total. The fourth-order valence-electron chi connectivity index (χ4n) is 2.12. The first-order valence-electron chi connectivity index (χ1n) is 6.02. The molecule has 3 rings (SSSR count). The molecule has 0 amide bonds. The lowest BCUT2D eigenvalue weighted by molar-refractivity contribution is 0.323. The van der Waals surface area contributed by atoms with E-state index >= 15 is 0 Å². The number of hydrogen-bond acceptors (Lipinski definition) is 3. The second-order valence-corrected chi connectivity index (χ2v) is 4.22. The van der Waals surface area contributed by atoms with Crippen LogP contribution in [-0.4, -0.2) is 20.3 Å². The molecule has 0 bridgehead atoms. The third-order valence-electron chi connectivity index (χ3n) is 3.06. The van der Waals surface area contributed by atoms with Gasteiger partial charge in [-0.2, -0.15) is 0 Å². The molecule has 1 N–H and O–H groups in total. The van der Waals surface area contributed by atoms with Crippen LogP contribution >= 0.6 is 0 Å². The average Bonchev–Trinajstić information content (AvgIpc) is 2.47. The quantitative estimate of drug-likeness (QED) is 0.876. The van der Waals surface area contributed by atoms with Gasteiger partial charge < -0.3 is 14.8 Å². The summed E-state index contributed by atoms with van der Waals surface area (Å²) >= 11 is 0. The van der Waals surface area contributed by atoms with Crippen molar-refractivity contribution in [3.63, 3.8) is 0 Å². The van der Waals surface area contributed by atoms with Gasteiger partial charge in [0.05, 0.1) is 12.8 Å². The minimum atomic E-state index is 0.728. The van der Waals surface area contributed by atoms with Crippen molar-refractivity contribution in [1.82, 2.24) is 0 Å². The topological polar surface area (TPSA) is 30.5 Å². The summed E-state index contributed by atoms with van der Waals surface area (Å²) in [6, 6.07) is 14.3. The molecule has 0 saturated carbocycles. The SMILES string of the molecule is COc1cccc(-c2ccc3c(c2)NCCO3)c1. The van der Waals surface area contributed by atoms with Crippen molar-refractivity contribution in [1.29, 1.82) is 0 Å². The van der Waals surface area contributed by atoms with Gasteiger partial charge in [-0.15, -0.1) is 0 Å². The van der Waals surface area contributed by atoms with Gasteiger partial charge in [-0.05, 0) is 35.4 Å². The van der Waals surface area contributed by atoms with Crippen molar-refractivity contribution in [3.05, 3.63) is 42.5 Å². The fraction of sp³-hybridized carbons (Fsp3) is 0.200. The van der Waals surface area contributed by atoms with Gasteiger partial charge in [0, 0.05) is 6.54 Å². The molecule has 3 heteroatoms. The molecule has 0 radical (unpaired) electrons. The largest absolute Gasteiger partial charge is 0.497 e. The van der Waals surface area contributed by atoms with Crippen molar-refractivity contribution < 1.29 is 9.47 Å². The number of nitrogens with one attached hydrogen (secondary N) is 1. The van der Waals surface area contributed by atoms with Crippen LogP contribution < -0.4 is 14.8 Å². The van der Waals surface area contributed by atoms with Crippen LogP contribution in [0.15, 0.2) is 42.5 Å². The summed E-state index contributed by atoms with van der Waals surface area (Å²) in [6.07, 6.45) is 0. The fourth-order valence-corrected chi connectivity index (χ4v) is 2.12. The maximum atomic E-state index is 5.57. The molecule has 0 saturated heterocycles. The van der Waals surface area contributed by atoms with Gasteiger partial charge >= 0.3 is 0 Å². The Balaban J connectivity index is 2.00. The van der Waals surface area contributed by atoms with Gasteiger partial charge in [0.2, 0.25) is 0 Å². The molecule has 0 aliphatic carbocycles. The highest BCUT2D eigenvalue weighted by Crippen LogP contribution is 2.33. The molecular formula is C15H15NO2. The smallest absolute Gasteiger partial charge is 0.142 e. The van der Waals surface area contributed by atoms with Gasteiger partial charge in [0.1, 0.15) is 18.1 Å². The molecular weight excluding hydrogens is 226 g/mol. The second kappa shape index (κ2) is 4.61. The monoisotopic (exact) mass is 241 g/mol. The minimum absolute atomic E-state index is 0.728. The summed E-state index contributed by atoms with van der Waals surface area (Å²) in [6.45, 7) is 1.58.